The van der Waals surface area contributed by atoms with E-state index in [2.05, 4.69) is 16.0 Å². The van der Waals surface area contributed by atoms with Crippen LogP contribution in [0.1, 0.15) is 22.8 Å². The van der Waals surface area contributed by atoms with E-state index in [-0.39, 0.29) is 18.4 Å². The number of carbonyl (C=O) groups excluding carboxylic acids is 2. The average Bonchev–Trinajstić information content (AvgIpc) is 2.77. The summed E-state index contributed by atoms with van der Waals surface area (Å²) in [5.41, 5.74) is 2.01. The van der Waals surface area contributed by atoms with Crippen LogP contribution in [0.25, 0.3) is 0 Å². The van der Waals surface area contributed by atoms with Gasteiger partial charge in [-0.2, -0.15) is 0 Å². The molecular weight excluding hydrogens is 386 g/mol. The molecule has 0 bridgehead atoms. The van der Waals surface area contributed by atoms with E-state index in [9.17, 15) is 9.59 Å². The second-order valence-corrected chi connectivity index (χ2v) is 6.41. The standard InChI is InChI=1S/C22H29N3O5/c1-5-23-22(27)17-8-7-16(28-2)13-18(17)25-14-21(26)24-11-10-15-6-9-19(29-3)20(12-15)30-4/h6-9,12-13,25H,5,10-11,14H2,1-4H3,(H,23,27)(H,24,26). The third-order valence-corrected chi connectivity index (χ3v) is 4.43. The van der Waals surface area contributed by atoms with E-state index >= 15 is 0 Å². The number of methoxy groups -OCH3 is 3. The SMILES string of the molecule is CCNC(=O)c1ccc(OC)cc1NCC(=O)NCCc1ccc(OC)c(OC)c1. The van der Waals surface area contributed by atoms with E-state index in [0.717, 1.165) is 5.56 Å². The van der Waals surface area contributed by atoms with E-state index in [0.29, 0.717) is 48.0 Å². The van der Waals surface area contributed by atoms with Gasteiger partial charge in [0.05, 0.1) is 39.1 Å². The predicted octanol–water partition coefficient (Wildman–Crippen LogP) is 2.23. The number of carbonyl (C=O) groups is 2. The Kier molecular flexibility index (Phi) is 8.80. The van der Waals surface area contributed by atoms with E-state index in [4.69, 9.17) is 14.2 Å². The molecule has 0 aliphatic rings. The molecule has 162 valence electrons. The van der Waals surface area contributed by atoms with Gasteiger partial charge in [-0.05, 0) is 43.2 Å². The van der Waals surface area contributed by atoms with Crippen LogP contribution in [0.5, 0.6) is 17.2 Å². The van der Waals surface area contributed by atoms with E-state index in [1.807, 2.05) is 25.1 Å². The van der Waals surface area contributed by atoms with Crippen LogP contribution in [-0.2, 0) is 11.2 Å². The summed E-state index contributed by atoms with van der Waals surface area (Å²) in [4.78, 5) is 24.5. The Morgan fingerprint density at radius 2 is 1.67 bits per heavy atom. The van der Waals surface area contributed by atoms with E-state index < -0.39 is 0 Å². The van der Waals surface area contributed by atoms with E-state index in [1.54, 1.807) is 39.5 Å². The molecular formula is C22H29N3O5. The third kappa shape index (κ3) is 6.30. The van der Waals surface area contributed by atoms with Crippen LogP contribution in [0.4, 0.5) is 5.69 Å². The fourth-order valence-electron chi connectivity index (χ4n) is 2.87. The van der Waals surface area contributed by atoms with Crippen LogP contribution in [0, 0.1) is 0 Å². The van der Waals surface area contributed by atoms with Crippen molar-refractivity contribution in [3.8, 4) is 17.2 Å². The molecule has 0 heterocycles. The zero-order chi connectivity index (χ0) is 21.9. The summed E-state index contributed by atoms with van der Waals surface area (Å²) in [6, 6.07) is 10.7. The largest absolute Gasteiger partial charge is 0.497 e. The number of nitrogens with one attached hydrogen (secondary N) is 3. The molecule has 0 radical (unpaired) electrons. The zero-order valence-electron chi connectivity index (χ0n) is 17.8. The zero-order valence-corrected chi connectivity index (χ0v) is 17.8. The van der Waals surface area contributed by atoms with Gasteiger partial charge in [-0.1, -0.05) is 6.07 Å². The van der Waals surface area contributed by atoms with Gasteiger partial charge in [0.15, 0.2) is 11.5 Å². The maximum atomic E-state index is 12.2. The molecule has 3 N–H and O–H groups in total. The van der Waals surface area contributed by atoms with Crippen LogP contribution in [0.3, 0.4) is 0 Å². The highest BCUT2D eigenvalue weighted by Gasteiger charge is 2.13. The van der Waals surface area contributed by atoms with Gasteiger partial charge in [0, 0.05) is 19.2 Å². The lowest BCUT2D eigenvalue weighted by Crippen LogP contribution is -2.32. The van der Waals surface area contributed by atoms with Gasteiger partial charge in [0.1, 0.15) is 5.75 Å². The summed E-state index contributed by atoms with van der Waals surface area (Å²) in [6.45, 7) is 2.87. The van der Waals surface area contributed by atoms with Gasteiger partial charge in [-0.15, -0.1) is 0 Å². The quantitative estimate of drug-likeness (QED) is 0.521. The Labute approximate surface area is 176 Å². The second kappa shape index (κ2) is 11.5. The maximum absolute atomic E-state index is 12.2. The van der Waals surface area contributed by atoms with Crippen LogP contribution < -0.4 is 30.2 Å². The van der Waals surface area contributed by atoms with Crippen LogP contribution >= 0.6 is 0 Å². The predicted molar refractivity (Wildman–Crippen MR) is 116 cm³/mol. The van der Waals surface area contributed by atoms with Crippen LogP contribution in [0.2, 0.25) is 0 Å². The number of rotatable bonds is 11. The second-order valence-electron chi connectivity index (χ2n) is 6.41. The van der Waals surface area contributed by atoms with Crippen molar-refractivity contribution < 1.29 is 23.8 Å². The number of ether oxygens (including phenoxy) is 3. The number of benzene rings is 2. The summed E-state index contributed by atoms with van der Waals surface area (Å²) in [5.74, 6) is 1.52. The molecule has 0 fully saturated rings. The molecule has 2 rings (SSSR count). The van der Waals surface area contributed by atoms with Crippen molar-refractivity contribution in [3.05, 3.63) is 47.5 Å². The van der Waals surface area contributed by atoms with Crippen molar-refractivity contribution >= 4 is 17.5 Å². The van der Waals surface area contributed by atoms with Gasteiger partial charge in [0.25, 0.3) is 5.91 Å². The van der Waals surface area contributed by atoms with Crippen molar-refractivity contribution in [3.63, 3.8) is 0 Å². The molecule has 2 aromatic rings. The summed E-state index contributed by atoms with van der Waals surface area (Å²) >= 11 is 0. The fourth-order valence-corrected chi connectivity index (χ4v) is 2.87. The molecule has 2 aromatic carbocycles. The van der Waals surface area contributed by atoms with Crippen molar-refractivity contribution in [2.75, 3.05) is 46.3 Å². The van der Waals surface area contributed by atoms with Gasteiger partial charge in [-0.25, -0.2) is 0 Å². The molecule has 0 atom stereocenters. The summed E-state index contributed by atoms with van der Waals surface area (Å²) in [7, 11) is 4.72. The first-order valence-corrected chi connectivity index (χ1v) is 9.70. The summed E-state index contributed by atoms with van der Waals surface area (Å²) in [6.07, 6.45) is 0.648. The first-order valence-electron chi connectivity index (χ1n) is 9.70. The maximum Gasteiger partial charge on any atom is 0.253 e. The number of hydrogen-bond donors (Lipinski definition) is 3. The summed E-state index contributed by atoms with van der Waals surface area (Å²) < 4.78 is 15.7. The van der Waals surface area contributed by atoms with E-state index in [1.165, 1.54) is 0 Å². The highest BCUT2D eigenvalue weighted by molar-refractivity contribution is 6.00. The molecule has 2 amide bonds. The molecule has 8 heteroatoms. The minimum atomic E-state index is -0.212. The third-order valence-electron chi connectivity index (χ3n) is 4.43. The van der Waals surface area contributed by atoms with Crippen molar-refractivity contribution in [1.29, 1.82) is 0 Å². The van der Waals surface area contributed by atoms with Gasteiger partial charge in [0.2, 0.25) is 5.91 Å². The first-order chi connectivity index (χ1) is 14.5. The molecule has 0 aliphatic heterocycles. The Morgan fingerprint density at radius 1 is 0.900 bits per heavy atom. The Balaban J connectivity index is 1.91. The highest BCUT2D eigenvalue weighted by Crippen LogP contribution is 2.27. The summed E-state index contributed by atoms with van der Waals surface area (Å²) in [5, 5.41) is 8.64. The number of amides is 2. The van der Waals surface area contributed by atoms with Gasteiger partial charge in [-0.3, -0.25) is 9.59 Å². The molecule has 0 unspecified atom stereocenters. The number of hydrogen-bond acceptors (Lipinski definition) is 6. The van der Waals surface area contributed by atoms with Crippen LogP contribution in [0.15, 0.2) is 36.4 Å². The molecule has 30 heavy (non-hydrogen) atoms. The minimum absolute atomic E-state index is 0.0332. The smallest absolute Gasteiger partial charge is 0.253 e. The lowest BCUT2D eigenvalue weighted by Gasteiger charge is -2.14. The first kappa shape index (κ1) is 22.9. The van der Waals surface area contributed by atoms with Gasteiger partial charge >= 0.3 is 0 Å². The molecule has 0 saturated carbocycles. The van der Waals surface area contributed by atoms with Crippen molar-refractivity contribution in [1.82, 2.24) is 10.6 Å². The Hall–Kier alpha value is -3.42. The molecule has 0 saturated heterocycles. The topological polar surface area (TPSA) is 97.9 Å². The highest BCUT2D eigenvalue weighted by atomic mass is 16.5. The van der Waals surface area contributed by atoms with Crippen molar-refractivity contribution in [2.24, 2.45) is 0 Å². The molecule has 0 aromatic heterocycles. The monoisotopic (exact) mass is 415 g/mol. The lowest BCUT2D eigenvalue weighted by molar-refractivity contribution is -0.119. The van der Waals surface area contributed by atoms with Gasteiger partial charge < -0.3 is 30.2 Å². The Bertz CT molecular complexity index is 870. The number of anilines is 1. The average molecular weight is 415 g/mol. The normalized spacial score (nSPS) is 10.1. The van der Waals surface area contributed by atoms with Crippen LogP contribution in [-0.4, -0.2) is 52.8 Å². The fraction of sp³-hybridized carbons (Fsp3) is 0.364. The molecule has 0 aliphatic carbocycles. The molecule has 0 spiro atoms. The Morgan fingerprint density at radius 3 is 2.33 bits per heavy atom. The molecule has 8 nitrogen and oxygen atoms in total. The minimum Gasteiger partial charge on any atom is -0.497 e. The lowest BCUT2D eigenvalue weighted by atomic mass is 10.1. The van der Waals surface area contributed by atoms with Crippen molar-refractivity contribution in [2.45, 2.75) is 13.3 Å².